The molecular weight excluding hydrogens is 235 g/mol. The van der Waals surface area contributed by atoms with E-state index in [-0.39, 0.29) is 0 Å². The van der Waals surface area contributed by atoms with Crippen LogP contribution >= 0.6 is 0 Å². The molecule has 1 aromatic rings. The summed E-state index contributed by atoms with van der Waals surface area (Å²) in [6, 6.07) is 8.81. The molecule has 1 atom stereocenters. The zero-order chi connectivity index (χ0) is 9.47. The van der Waals surface area contributed by atoms with Crippen molar-refractivity contribution in [1.29, 1.82) is 0 Å². The summed E-state index contributed by atoms with van der Waals surface area (Å²) in [4.78, 5) is 0. The van der Waals surface area contributed by atoms with Crippen LogP contribution in [0.3, 0.4) is 0 Å². The van der Waals surface area contributed by atoms with Crippen LogP contribution in [0.5, 0.6) is 0 Å². The second kappa shape index (κ2) is 3.21. The topological polar surface area (TPSA) is 0 Å². The van der Waals surface area contributed by atoms with Crippen LogP contribution in [-0.2, 0) is 24.9 Å². The Labute approximate surface area is 88.3 Å². The van der Waals surface area contributed by atoms with Crippen LogP contribution in [0.25, 0.3) is 6.08 Å². The molecule has 0 heterocycles. The standard InChI is InChI=1S/C10H9.2CH3.Zr/c1-8-6-7-9-4-2-3-5-10(8)9;;;/h2-7H,1H3;2*1H3;. The first-order valence-corrected chi connectivity index (χ1v) is 10.9. The molecule has 0 spiro atoms. The van der Waals surface area contributed by atoms with Crippen molar-refractivity contribution < 1.29 is 21.8 Å². The zero-order valence-electron chi connectivity index (χ0n) is 8.46. The van der Waals surface area contributed by atoms with Crippen LogP contribution in [0.15, 0.2) is 30.3 Å². The van der Waals surface area contributed by atoms with Gasteiger partial charge in [0, 0.05) is 0 Å². The van der Waals surface area contributed by atoms with Gasteiger partial charge >= 0.3 is 88.6 Å². The molecule has 1 heteroatoms. The summed E-state index contributed by atoms with van der Waals surface area (Å²) in [5.74, 6) is 0. The normalized spacial score (nSPS) is 24.5. The summed E-state index contributed by atoms with van der Waals surface area (Å²) in [7, 11) is 0. The Bertz CT molecular complexity index is 352. The van der Waals surface area contributed by atoms with Crippen molar-refractivity contribution >= 4 is 6.08 Å². The van der Waals surface area contributed by atoms with Gasteiger partial charge in [-0.25, -0.2) is 0 Å². The van der Waals surface area contributed by atoms with E-state index in [0.717, 1.165) is 0 Å². The van der Waals surface area contributed by atoms with Gasteiger partial charge in [-0.05, 0) is 0 Å². The second-order valence-corrected chi connectivity index (χ2v) is 11.6. The summed E-state index contributed by atoms with van der Waals surface area (Å²) in [5.41, 5.74) is 3.00. The van der Waals surface area contributed by atoms with Crippen LogP contribution < -0.4 is 0 Å². The summed E-state index contributed by atoms with van der Waals surface area (Å²) in [6.45, 7) is 2.41. The molecule has 0 N–H and O–H groups in total. The molecule has 0 aliphatic heterocycles. The molecule has 2 rings (SSSR count). The molecule has 13 heavy (non-hydrogen) atoms. The van der Waals surface area contributed by atoms with E-state index in [1.165, 1.54) is 5.56 Å². The summed E-state index contributed by atoms with van der Waals surface area (Å²) in [6.07, 6.45) is 4.72. The first-order valence-electron chi connectivity index (χ1n) is 4.74. The number of benzene rings is 1. The Balaban J connectivity index is 2.55. The molecule has 0 bridgehead atoms. The molecule has 0 radical (unpaired) electrons. The van der Waals surface area contributed by atoms with Crippen molar-refractivity contribution in [3.8, 4) is 0 Å². The Kier molecular flexibility index (Phi) is 2.32. The van der Waals surface area contributed by atoms with Crippen molar-refractivity contribution in [1.82, 2.24) is 0 Å². The SMILES string of the molecule is [CH3][Zr]([CH3])[C]1(C)C=Cc2ccccc21. The van der Waals surface area contributed by atoms with E-state index < -0.39 is 21.8 Å². The van der Waals surface area contributed by atoms with E-state index >= 15 is 0 Å². The van der Waals surface area contributed by atoms with Crippen LogP contribution in [0.2, 0.25) is 9.26 Å². The van der Waals surface area contributed by atoms with Gasteiger partial charge < -0.3 is 0 Å². The first kappa shape index (κ1) is 9.40. The molecule has 0 saturated carbocycles. The summed E-state index contributed by atoms with van der Waals surface area (Å²) in [5, 5.41) is 0. The molecule has 0 nitrogen and oxygen atoms in total. The second-order valence-electron chi connectivity index (χ2n) is 4.12. The fourth-order valence-electron chi connectivity index (χ4n) is 1.90. The minimum absolute atomic E-state index is 0.443. The minimum atomic E-state index is -1.21. The van der Waals surface area contributed by atoms with E-state index in [0.29, 0.717) is 3.12 Å². The molecule has 0 amide bonds. The maximum absolute atomic E-state index is 2.48. The maximum atomic E-state index is 2.48. The van der Waals surface area contributed by atoms with E-state index in [1.54, 1.807) is 5.56 Å². The molecule has 1 aliphatic rings. The predicted molar refractivity (Wildman–Crippen MR) is 54.6 cm³/mol. The van der Waals surface area contributed by atoms with Crippen molar-refractivity contribution in [2.24, 2.45) is 0 Å². The van der Waals surface area contributed by atoms with Crippen LogP contribution in [0.1, 0.15) is 18.1 Å². The Morgan fingerprint density at radius 3 is 2.54 bits per heavy atom. The molecule has 0 saturated heterocycles. The molecule has 1 unspecified atom stereocenters. The molecule has 67 valence electrons. The predicted octanol–water partition coefficient (Wildman–Crippen LogP) is 3.64. The van der Waals surface area contributed by atoms with Gasteiger partial charge in [-0.15, -0.1) is 0 Å². The third-order valence-corrected chi connectivity index (χ3v) is 9.33. The fraction of sp³-hybridized carbons (Fsp3) is 0.333. The average molecular weight is 250 g/mol. The van der Waals surface area contributed by atoms with Gasteiger partial charge in [0.15, 0.2) is 0 Å². The van der Waals surface area contributed by atoms with Gasteiger partial charge in [0.25, 0.3) is 0 Å². The van der Waals surface area contributed by atoms with E-state index in [9.17, 15) is 0 Å². The van der Waals surface area contributed by atoms with Crippen molar-refractivity contribution in [3.63, 3.8) is 0 Å². The van der Waals surface area contributed by atoms with Gasteiger partial charge in [0.1, 0.15) is 0 Å². The Morgan fingerprint density at radius 1 is 1.15 bits per heavy atom. The van der Waals surface area contributed by atoms with Crippen molar-refractivity contribution in [2.75, 3.05) is 0 Å². The molecule has 0 aromatic heterocycles. The quantitative estimate of drug-likeness (QED) is 0.714. The number of hydrogen-bond donors (Lipinski definition) is 0. The summed E-state index contributed by atoms with van der Waals surface area (Å²) >= 11 is -1.21. The molecule has 1 aliphatic carbocycles. The van der Waals surface area contributed by atoms with E-state index in [1.807, 2.05) is 0 Å². The number of hydrogen-bond acceptors (Lipinski definition) is 0. The van der Waals surface area contributed by atoms with E-state index in [4.69, 9.17) is 0 Å². The number of rotatable bonds is 1. The van der Waals surface area contributed by atoms with Crippen LogP contribution in [-0.4, -0.2) is 0 Å². The third kappa shape index (κ3) is 1.38. The van der Waals surface area contributed by atoms with Gasteiger partial charge in [-0.1, -0.05) is 0 Å². The summed E-state index contributed by atoms with van der Waals surface area (Å²) < 4.78 is 5.40. The Hall–Kier alpha value is -0.157. The van der Waals surface area contributed by atoms with Gasteiger partial charge in [-0.2, -0.15) is 0 Å². The molecular formula is C12H15Zr. The monoisotopic (exact) mass is 249 g/mol. The van der Waals surface area contributed by atoms with Crippen molar-refractivity contribution in [2.45, 2.75) is 19.3 Å². The van der Waals surface area contributed by atoms with Crippen LogP contribution in [0.4, 0.5) is 0 Å². The molecule has 0 fully saturated rings. The number of allylic oxidation sites excluding steroid dienone is 1. The average Bonchev–Trinajstić information content (AvgIpc) is 2.47. The van der Waals surface area contributed by atoms with Crippen molar-refractivity contribution in [3.05, 3.63) is 41.5 Å². The first-order chi connectivity index (χ1) is 6.14. The van der Waals surface area contributed by atoms with Crippen LogP contribution in [0, 0.1) is 0 Å². The molecule has 1 aromatic carbocycles. The van der Waals surface area contributed by atoms with E-state index in [2.05, 4.69) is 52.6 Å². The van der Waals surface area contributed by atoms with Gasteiger partial charge in [-0.3, -0.25) is 0 Å². The Morgan fingerprint density at radius 2 is 1.85 bits per heavy atom. The third-order valence-electron chi connectivity index (χ3n) is 3.16. The number of fused-ring (bicyclic) bond motifs is 1. The van der Waals surface area contributed by atoms with Gasteiger partial charge in [0.2, 0.25) is 0 Å². The fourth-order valence-corrected chi connectivity index (χ4v) is 4.81. The zero-order valence-corrected chi connectivity index (χ0v) is 10.9. The van der Waals surface area contributed by atoms with Gasteiger partial charge in [0.05, 0.1) is 0 Å².